The fourth-order valence-corrected chi connectivity index (χ4v) is 3.48. The SMILES string of the molecule is Cc1nc(CN(C)C(=O)CC2CSCCN2)cs1. The fourth-order valence-electron chi connectivity index (χ4n) is 1.93. The summed E-state index contributed by atoms with van der Waals surface area (Å²) in [7, 11) is 1.85. The number of hydrogen-bond acceptors (Lipinski definition) is 5. The highest BCUT2D eigenvalue weighted by molar-refractivity contribution is 7.99. The molecule has 1 aromatic heterocycles. The van der Waals surface area contributed by atoms with Crippen LogP contribution >= 0.6 is 23.1 Å². The molecule has 2 rings (SSSR count). The molecule has 0 saturated carbocycles. The molecule has 0 radical (unpaired) electrons. The van der Waals surface area contributed by atoms with Crippen molar-refractivity contribution in [3.05, 3.63) is 16.1 Å². The van der Waals surface area contributed by atoms with Gasteiger partial charge in [-0.3, -0.25) is 4.79 Å². The second kappa shape index (κ2) is 6.54. The zero-order valence-corrected chi connectivity index (χ0v) is 12.4. The van der Waals surface area contributed by atoms with Crippen LogP contribution in [-0.4, -0.2) is 46.9 Å². The Labute approximate surface area is 116 Å². The van der Waals surface area contributed by atoms with Crippen molar-refractivity contribution in [2.75, 3.05) is 25.1 Å². The smallest absolute Gasteiger partial charge is 0.224 e. The number of rotatable bonds is 4. The Kier molecular flexibility index (Phi) is 5.03. The highest BCUT2D eigenvalue weighted by Gasteiger charge is 2.19. The van der Waals surface area contributed by atoms with E-state index >= 15 is 0 Å². The number of thioether (sulfide) groups is 1. The average molecular weight is 285 g/mol. The average Bonchev–Trinajstić information content (AvgIpc) is 2.76. The Morgan fingerprint density at radius 2 is 2.50 bits per heavy atom. The molecule has 0 aliphatic carbocycles. The largest absolute Gasteiger partial charge is 0.340 e. The van der Waals surface area contributed by atoms with Crippen molar-refractivity contribution in [3.8, 4) is 0 Å². The molecule has 1 amide bonds. The van der Waals surface area contributed by atoms with Crippen LogP contribution in [0.25, 0.3) is 0 Å². The Balaban J connectivity index is 1.80. The number of carbonyl (C=O) groups excluding carboxylic acids is 1. The topological polar surface area (TPSA) is 45.2 Å². The molecule has 1 atom stereocenters. The summed E-state index contributed by atoms with van der Waals surface area (Å²) in [4.78, 5) is 18.2. The quantitative estimate of drug-likeness (QED) is 0.911. The number of aryl methyl sites for hydroxylation is 1. The van der Waals surface area contributed by atoms with Gasteiger partial charge in [0, 0.05) is 42.9 Å². The first-order valence-electron chi connectivity index (χ1n) is 6.11. The van der Waals surface area contributed by atoms with E-state index < -0.39 is 0 Å². The second-order valence-electron chi connectivity index (χ2n) is 4.54. The van der Waals surface area contributed by atoms with Crippen LogP contribution in [0.1, 0.15) is 17.1 Å². The van der Waals surface area contributed by atoms with Crippen LogP contribution in [0.15, 0.2) is 5.38 Å². The van der Waals surface area contributed by atoms with Crippen LogP contribution in [0.4, 0.5) is 0 Å². The molecule has 0 bridgehead atoms. The Morgan fingerprint density at radius 3 is 3.11 bits per heavy atom. The predicted molar refractivity (Wildman–Crippen MR) is 77.1 cm³/mol. The first-order valence-corrected chi connectivity index (χ1v) is 8.14. The molecule has 18 heavy (non-hydrogen) atoms. The minimum atomic E-state index is 0.195. The molecule has 1 aliphatic rings. The second-order valence-corrected chi connectivity index (χ2v) is 6.75. The minimum Gasteiger partial charge on any atom is -0.340 e. The van der Waals surface area contributed by atoms with E-state index in [4.69, 9.17) is 0 Å². The van der Waals surface area contributed by atoms with Crippen molar-refractivity contribution in [1.29, 1.82) is 0 Å². The van der Waals surface area contributed by atoms with Gasteiger partial charge in [0.15, 0.2) is 0 Å². The molecule has 0 aromatic carbocycles. The Morgan fingerprint density at radius 1 is 1.67 bits per heavy atom. The molecule has 1 unspecified atom stereocenters. The zero-order chi connectivity index (χ0) is 13.0. The Bertz CT molecular complexity index is 402. The van der Waals surface area contributed by atoms with E-state index in [2.05, 4.69) is 10.3 Å². The van der Waals surface area contributed by atoms with Crippen LogP contribution in [0.5, 0.6) is 0 Å². The molecule has 0 spiro atoms. The lowest BCUT2D eigenvalue weighted by molar-refractivity contribution is -0.130. The van der Waals surface area contributed by atoms with Gasteiger partial charge in [-0.1, -0.05) is 0 Å². The number of carbonyl (C=O) groups is 1. The highest BCUT2D eigenvalue weighted by atomic mass is 32.2. The van der Waals surface area contributed by atoms with Crippen LogP contribution in [0.3, 0.4) is 0 Å². The maximum atomic E-state index is 12.1. The summed E-state index contributed by atoms with van der Waals surface area (Å²) in [5.41, 5.74) is 0.985. The van der Waals surface area contributed by atoms with E-state index in [1.807, 2.05) is 31.1 Å². The lowest BCUT2D eigenvalue weighted by atomic mass is 10.2. The molecule has 2 heterocycles. The first kappa shape index (κ1) is 13.8. The van der Waals surface area contributed by atoms with Crippen molar-refractivity contribution in [2.45, 2.75) is 25.9 Å². The van der Waals surface area contributed by atoms with E-state index in [1.54, 1.807) is 16.2 Å². The minimum absolute atomic E-state index is 0.195. The van der Waals surface area contributed by atoms with Gasteiger partial charge in [0.05, 0.1) is 17.2 Å². The maximum absolute atomic E-state index is 12.1. The number of nitrogens with zero attached hydrogens (tertiary/aromatic N) is 2. The molecule has 1 fully saturated rings. The molecular weight excluding hydrogens is 266 g/mol. The molecule has 1 saturated heterocycles. The maximum Gasteiger partial charge on any atom is 0.224 e. The van der Waals surface area contributed by atoms with E-state index in [0.29, 0.717) is 19.0 Å². The Hall–Kier alpha value is -0.590. The van der Waals surface area contributed by atoms with E-state index in [0.717, 1.165) is 28.8 Å². The molecule has 1 aromatic rings. The van der Waals surface area contributed by atoms with Crippen LogP contribution in [-0.2, 0) is 11.3 Å². The lowest BCUT2D eigenvalue weighted by Gasteiger charge is -2.25. The standard InChI is InChI=1S/C12H19N3OS2/c1-9-14-11(8-18-9)6-15(2)12(16)5-10-7-17-4-3-13-10/h8,10,13H,3-7H2,1-2H3. The number of nitrogens with one attached hydrogen (secondary N) is 1. The van der Waals surface area contributed by atoms with E-state index in [1.165, 1.54) is 0 Å². The molecule has 1 N–H and O–H groups in total. The van der Waals surface area contributed by atoms with Gasteiger partial charge in [-0.2, -0.15) is 11.8 Å². The summed E-state index contributed by atoms with van der Waals surface area (Å²) in [5.74, 6) is 2.38. The van der Waals surface area contributed by atoms with Gasteiger partial charge in [-0.05, 0) is 6.92 Å². The van der Waals surface area contributed by atoms with Gasteiger partial charge >= 0.3 is 0 Å². The van der Waals surface area contributed by atoms with Gasteiger partial charge in [0.2, 0.25) is 5.91 Å². The van der Waals surface area contributed by atoms with E-state index in [-0.39, 0.29) is 5.91 Å². The molecule has 1 aliphatic heterocycles. The molecular formula is C12H19N3OS2. The third kappa shape index (κ3) is 3.96. The van der Waals surface area contributed by atoms with Crippen molar-refractivity contribution >= 4 is 29.0 Å². The summed E-state index contributed by atoms with van der Waals surface area (Å²) in [6, 6.07) is 0.330. The van der Waals surface area contributed by atoms with Crippen molar-refractivity contribution < 1.29 is 4.79 Å². The summed E-state index contributed by atoms with van der Waals surface area (Å²) >= 11 is 3.55. The number of thiazole rings is 1. The van der Waals surface area contributed by atoms with Gasteiger partial charge in [-0.25, -0.2) is 4.98 Å². The predicted octanol–water partition coefficient (Wildman–Crippen LogP) is 1.51. The lowest BCUT2D eigenvalue weighted by Crippen LogP contribution is -2.41. The third-order valence-corrected chi connectivity index (χ3v) is 4.86. The van der Waals surface area contributed by atoms with Crippen LogP contribution in [0, 0.1) is 6.92 Å². The summed E-state index contributed by atoms with van der Waals surface area (Å²) < 4.78 is 0. The zero-order valence-electron chi connectivity index (χ0n) is 10.8. The van der Waals surface area contributed by atoms with Crippen molar-refractivity contribution in [1.82, 2.24) is 15.2 Å². The van der Waals surface area contributed by atoms with Gasteiger partial charge in [-0.15, -0.1) is 11.3 Å². The normalized spacial score (nSPS) is 19.8. The number of amides is 1. The summed E-state index contributed by atoms with van der Waals surface area (Å²) in [5, 5.41) is 6.46. The molecule has 100 valence electrons. The fraction of sp³-hybridized carbons (Fsp3) is 0.667. The monoisotopic (exact) mass is 285 g/mol. The van der Waals surface area contributed by atoms with Crippen molar-refractivity contribution in [2.24, 2.45) is 0 Å². The summed E-state index contributed by atoms with van der Waals surface area (Å²) in [6.07, 6.45) is 0.590. The van der Waals surface area contributed by atoms with E-state index in [9.17, 15) is 4.79 Å². The van der Waals surface area contributed by atoms with Gasteiger partial charge in [0.25, 0.3) is 0 Å². The van der Waals surface area contributed by atoms with Gasteiger partial charge in [0.1, 0.15) is 0 Å². The summed E-state index contributed by atoms with van der Waals surface area (Å²) in [6.45, 7) is 3.61. The number of hydrogen-bond donors (Lipinski definition) is 1. The molecule has 6 heteroatoms. The molecule has 4 nitrogen and oxygen atoms in total. The highest BCUT2D eigenvalue weighted by Crippen LogP contribution is 2.13. The first-order chi connectivity index (χ1) is 8.65. The van der Waals surface area contributed by atoms with Crippen LogP contribution in [0.2, 0.25) is 0 Å². The third-order valence-electron chi connectivity index (χ3n) is 2.91. The van der Waals surface area contributed by atoms with Gasteiger partial charge < -0.3 is 10.2 Å². The number of aromatic nitrogens is 1. The van der Waals surface area contributed by atoms with Crippen molar-refractivity contribution in [3.63, 3.8) is 0 Å². The van der Waals surface area contributed by atoms with Crippen LogP contribution < -0.4 is 5.32 Å².